The Morgan fingerprint density at radius 2 is 1.84 bits per heavy atom. The van der Waals surface area contributed by atoms with Gasteiger partial charge in [0.2, 0.25) is 5.91 Å². The molecule has 0 fully saturated rings. The van der Waals surface area contributed by atoms with E-state index in [0.29, 0.717) is 22.2 Å². The summed E-state index contributed by atoms with van der Waals surface area (Å²) in [5, 5.41) is 3.05. The molecule has 0 unspecified atom stereocenters. The zero-order valence-corrected chi connectivity index (χ0v) is 11.8. The van der Waals surface area contributed by atoms with Crippen LogP contribution in [0.2, 0.25) is 5.02 Å². The summed E-state index contributed by atoms with van der Waals surface area (Å²) in [5.74, 6) is 0.738. The smallest absolute Gasteiger partial charge is 0.248 e. The SMILES string of the molecule is CC=CC=CC(=O)Nc1cc(OC)c(OC)cc1Cl. The molecule has 1 aromatic rings. The molecular weight excluding hydrogens is 266 g/mol. The number of methoxy groups -OCH3 is 2. The molecule has 102 valence electrons. The lowest BCUT2D eigenvalue weighted by Crippen LogP contribution is -2.08. The van der Waals surface area contributed by atoms with E-state index in [9.17, 15) is 4.79 Å². The van der Waals surface area contributed by atoms with Gasteiger partial charge < -0.3 is 14.8 Å². The van der Waals surface area contributed by atoms with E-state index in [-0.39, 0.29) is 5.91 Å². The van der Waals surface area contributed by atoms with Gasteiger partial charge in [-0.25, -0.2) is 0 Å². The van der Waals surface area contributed by atoms with E-state index in [1.54, 1.807) is 24.3 Å². The number of hydrogen-bond acceptors (Lipinski definition) is 3. The number of anilines is 1. The van der Waals surface area contributed by atoms with Crippen molar-refractivity contribution in [3.63, 3.8) is 0 Å². The number of allylic oxidation sites excluding steroid dienone is 3. The molecule has 0 spiro atoms. The highest BCUT2D eigenvalue weighted by molar-refractivity contribution is 6.34. The normalized spacial score (nSPS) is 10.9. The first-order chi connectivity index (χ1) is 9.12. The fourth-order valence-electron chi connectivity index (χ4n) is 1.38. The van der Waals surface area contributed by atoms with E-state index in [1.807, 2.05) is 13.0 Å². The van der Waals surface area contributed by atoms with Gasteiger partial charge in [0, 0.05) is 18.2 Å². The Hall–Kier alpha value is -1.94. The number of hydrogen-bond donors (Lipinski definition) is 1. The largest absolute Gasteiger partial charge is 0.493 e. The summed E-state index contributed by atoms with van der Waals surface area (Å²) in [6.07, 6.45) is 6.64. The van der Waals surface area contributed by atoms with Gasteiger partial charge in [0.05, 0.1) is 24.9 Å². The number of halogens is 1. The molecule has 5 heteroatoms. The Morgan fingerprint density at radius 1 is 1.21 bits per heavy atom. The van der Waals surface area contributed by atoms with Crippen LogP contribution in [0.5, 0.6) is 11.5 Å². The van der Waals surface area contributed by atoms with Crippen LogP contribution in [0.15, 0.2) is 36.4 Å². The van der Waals surface area contributed by atoms with Crippen molar-refractivity contribution in [2.45, 2.75) is 6.92 Å². The monoisotopic (exact) mass is 281 g/mol. The topological polar surface area (TPSA) is 47.6 Å². The Bertz CT molecular complexity index is 510. The van der Waals surface area contributed by atoms with Crippen LogP contribution in [0.4, 0.5) is 5.69 Å². The molecule has 19 heavy (non-hydrogen) atoms. The van der Waals surface area contributed by atoms with Crippen LogP contribution in [0, 0.1) is 0 Å². The van der Waals surface area contributed by atoms with Crippen molar-refractivity contribution in [1.29, 1.82) is 0 Å². The number of ether oxygens (including phenoxy) is 2. The van der Waals surface area contributed by atoms with Crippen LogP contribution in [-0.4, -0.2) is 20.1 Å². The lowest BCUT2D eigenvalue weighted by atomic mass is 10.2. The molecule has 1 rings (SSSR count). The van der Waals surface area contributed by atoms with Crippen molar-refractivity contribution in [2.75, 3.05) is 19.5 Å². The summed E-state index contributed by atoms with van der Waals surface area (Å²) in [6, 6.07) is 3.20. The zero-order chi connectivity index (χ0) is 14.3. The van der Waals surface area contributed by atoms with E-state index in [0.717, 1.165) is 0 Å². The maximum absolute atomic E-state index is 11.6. The van der Waals surface area contributed by atoms with Gasteiger partial charge in [0.1, 0.15) is 0 Å². The predicted octanol–water partition coefficient (Wildman–Crippen LogP) is 3.43. The number of nitrogens with one attached hydrogen (secondary N) is 1. The van der Waals surface area contributed by atoms with Gasteiger partial charge in [-0.2, -0.15) is 0 Å². The molecule has 0 aliphatic heterocycles. The lowest BCUT2D eigenvalue weighted by Gasteiger charge is -2.11. The van der Waals surface area contributed by atoms with Gasteiger partial charge in [-0.15, -0.1) is 0 Å². The Kier molecular flexibility index (Phi) is 5.96. The number of amides is 1. The van der Waals surface area contributed by atoms with E-state index >= 15 is 0 Å². The second-order valence-electron chi connectivity index (χ2n) is 3.56. The molecule has 0 heterocycles. The molecule has 0 saturated heterocycles. The molecule has 0 aliphatic carbocycles. The fourth-order valence-corrected chi connectivity index (χ4v) is 1.58. The second-order valence-corrected chi connectivity index (χ2v) is 3.97. The molecule has 4 nitrogen and oxygen atoms in total. The second kappa shape index (κ2) is 7.48. The Morgan fingerprint density at radius 3 is 2.42 bits per heavy atom. The molecule has 1 aromatic carbocycles. The first-order valence-electron chi connectivity index (χ1n) is 5.64. The molecule has 0 saturated carbocycles. The minimum absolute atomic E-state index is 0.271. The van der Waals surface area contributed by atoms with Gasteiger partial charge in [-0.3, -0.25) is 4.79 Å². The highest BCUT2D eigenvalue weighted by atomic mass is 35.5. The average Bonchev–Trinajstić information content (AvgIpc) is 2.40. The Labute approximate surface area is 117 Å². The molecule has 0 radical (unpaired) electrons. The van der Waals surface area contributed by atoms with Crippen molar-refractivity contribution in [3.05, 3.63) is 41.5 Å². The summed E-state index contributed by atoms with van der Waals surface area (Å²) in [5.41, 5.74) is 0.467. The third-order valence-electron chi connectivity index (χ3n) is 2.28. The molecule has 0 aromatic heterocycles. The maximum Gasteiger partial charge on any atom is 0.248 e. The number of carbonyl (C=O) groups excluding carboxylic acids is 1. The number of carbonyl (C=O) groups is 1. The first-order valence-corrected chi connectivity index (χ1v) is 6.02. The van der Waals surface area contributed by atoms with Crippen molar-refractivity contribution in [2.24, 2.45) is 0 Å². The van der Waals surface area contributed by atoms with Crippen molar-refractivity contribution >= 4 is 23.2 Å². The van der Waals surface area contributed by atoms with E-state index in [1.165, 1.54) is 20.3 Å². The summed E-state index contributed by atoms with van der Waals surface area (Å²) in [7, 11) is 3.04. The van der Waals surface area contributed by atoms with E-state index < -0.39 is 0 Å². The third kappa shape index (κ3) is 4.34. The summed E-state index contributed by atoms with van der Waals surface area (Å²) in [6.45, 7) is 1.87. The minimum atomic E-state index is -0.271. The van der Waals surface area contributed by atoms with Crippen molar-refractivity contribution < 1.29 is 14.3 Å². The highest BCUT2D eigenvalue weighted by Crippen LogP contribution is 2.35. The van der Waals surface area contributed by atoms with Gasteiger partial charge >= 0.3 is 0 Å². The summed E-state index contributed by atoms with van der Waals surface area (Å²) < 4.78 is 10.3. The quantitative estimate of drug-likeness (QED) is 0.664. The van der Waals surface area contributed by atoms with Crippen molar-refractivity contribution in [1.82, 2.24) is 0 Å². The lowest BCUT2D eigenvalue weighted by molar-refractivity contribution is -0.111. The fraction of sp³-hybridized carbons (Fsp3) is 0.214. The minimum Gasteiger partial charge on any atom is -0.493 e. The standard InChI is InChI=1S/C14H16ClNO3/c1-4-5-6-7-14(17)16-11-9-13(19-3)12(18-2)8-10(11)15/h4-9H,1-3H3,(H,16,17). The third-order valence-corrected chi connectivity index (χ3v) is 2.59. The predicted molar refractivity (Wildman–Crippen MR) is 77.1 cm³/mol. The van der Waals surface area contributed by atoms with Crippen LogP contribution >= 0.6 is 11.6 Å². The van der Waals surface area contributed by atoms with Crippen LogP contribution in [0.3, 0.4) is 0 Å². The Balaban J connectivity index is 2.92. The maximum atomic E-state index is 11.6. The first kappa shape index (κ1) is 15.1. The molecule has 1 N–H and O–H groups in total. The number of benzene rings is 1. The van der Waals surface area contributed by atoms with Gasteiger partial charge in [0.25, 0.3) is 0 Å². The average molecular weight is 282 g/mol. The summed E-state index contributed by atoms with van der Waals surface area (Å²) in [4.78, 5) is 11.6. The highest BCUT2D eigenvalue weighted by Gasteiger charge is 2.10. The van der Waals surface area contributed by atoms with Crippen LogP contribution in [0.25, 0.3) is 0 Å². The van der Waals surface area contributed by atoms with Crippen molar-refractivity contribution in [3.8, 4) is 11.5 Å². The summed E-state index contributed by atoms with van der Waals surface area (Å²) >= 11 is 6.05. The van der Waals surface area contributed by atoms with Crippen LogP contribution < -0.4 is 14.8 Å². The molecule has 1 amide bonds. The molecular formula is C14H16ClNO3. The van der Waals surface area contributed by atoms with Crippen LogP contribution in [0.1, 0.15) is 6.92 Å². The number of rotatable bonds is 5. The molecule has 0 atom stereocenters. The van der Waals surface area contributed by atoms with Crippen LogP contribution in [-0.2, 0) is 4.79 Å². The zero-order valence-electron chi connectivity index (χ0n) is 11.1. The van der Waals surface area contributed by atoms with Gasteiger partial charge in [-0.1, -0.05) is 29.8 Å². The molecule has 0 bridgehead atoms. The van der Waals surface area contributed by atoms with E-state index in [2.05, 4.69) is 5.32 Å². The molecule has 0 aliphatic rings. The van der Waals surface area contributed by atoms with Gasteiger partial charge in [0.15, 0.2) is 11.5 Å². The van der Waals surface area contributed by atoms with E-state index in [4.69, 9.17) is 21.1 Å². The van der Waals surface area contributed by atoms with Gasteiger partial charge in [-0.05, 0) is 6.92 Å².